The molecule has 0 spiro atoms. The number of aromatic amines is 1. The van der Waals surface area contributed by atoms with Crippen molar-refractivity contribution in [1.82, 2.24) is 15.2 Å². The molecule has 0 radical (unpaired) electrons. The maximum absolute atomic E-state index is 12.4. The number of nitrogens with zero attached hydrogens (tertiary/aromatic N) is 2. The molecule has 0 aliphatic carbocycles. The van der Waals surface area contributed by atoms with Gasteiger partial charge in [0, 0.05) is 16.8 Å². The number of aryl methyl sites for hydroxylation is 1. The van der Waals surface area contributed by atoms with Gasteiger partial charge in [-0.1, -0.05) is 41.6 Å². The lowest BCUT2D eigenvalue weighted by molar-refractivity contribution is -0.115. The summed E-state index contributed by atoms with van der Waals surface area (Å²) in [6.07, 6.45) is 0. The van der Waals surface area contributed by atoms with Gasteiger partial charge < -0.3 is 5.32 Å². The van der Waals surface area contributed by atoms with Crippen molar-refractivity contribution >= 4 is 29.1 Å². The van der Waals surface area contributed by atoms with E-state index in [9.17, 15) is 9.59 Å². The molecular formula is C20H20N4O2S. The van der Waals surface area contributed by atoms with Crippen LogP contribution in [0.1, 0.15) is 29.8 Å². The van der Waals surface area contributed by atoms with Crippen LogP contribution in [0.2, 0.25) is 0 Å². The van der Waals surface area contributed by atoms with Crippen molar-refractivity contribution in [2.24, 2.45) is 0 Å². The molecule has 0 fully saturated rings. The Morgan fingerprint density at radius 3 is 2.37 bits per heavy atom. The zero-order valence-corrected chi connectivity index (χ0v) is 16.1. The summed E-state index contributed by atoms with van der Waals surface area (Å²) in [4.78, 5) is 28.1. The average Bonchev–Trinajstić information content (AvgIpc) is 3.11. The van der Waals surface area contributed by atoms with E-state index in [1.807, 2.05) is 31.2 Å². The van der Waals surface area contributed by atoms with Gasteiger partial charge in [0.05, 0.1) is 5.25 Å². The van der Waals surface area contributed by atoms with Gasteiger partial charge in [0.25, 0.3) is 0 Å². The molecule has 1 aromatic heterocycles. The summed E-state index contributed by atoms with van der Waals surface area (Å²) in [6.45, 7) is 5.33. The number of benzene rings is 2. The number of ketones is 1. The third-order valence-electron chi connectivity index (χ3n) is 4.00. The van der Waals surface area contributed by atoms with Gasteiger partial charge in [-0.3, -0.25) is 14.7 Å². The largest absolute Gasteiger partial charge is 0.325 e. The van der Waals surface area contributed by atoms with Crippen molar-refractivity contribution in [1.29, 1.82) is 0 Å². The third-order valence-corrected chi connectivity index (χ3v) is 4.96. The van der Waals surface area contributed by atoms with Crippen LogP contribution in [0.4, 0.5) is 5.69 Å². The first-order chi connectivity index (χ1) is 12.9. The van der Waals surface area contributed by atoms with Crippen LogP contribution >= 0.6 is 11.8 Å². The average molecular weight is 380 g/mol. The Balaban J connectivity index is 1.61. The minimum atomic E-state index is -0.376. The maximum atomic E-state index is 12.4. The number of carbonyl (C=O) groups excluding carboxylic acids is 2. The molecule has 7 heteroatoms. The molecule has 0 bridgehead atoms. The molecule has 3 aromatic rings. The quantitative estimate of drug-likeness (QED) is 0.496. The summed E-state index contributed by atoms with van der Waals surface area (Å²) in [5, 5.41) is 10.1. The van der Waals surface area contributed by atoms with E-state index in [0.717, 1.165) is 5.56 Å². The molecule has 3 rings (SSSR count). The topological polar surface area (TPSA) is 87.7 Å². The predicted octanol–water partition coefficient (Wildman–Crippen LogP) is 4.10. The lowest BCUT2D eigenvalue weighted by Gasteiger charge is -2.10. The van der Waals surface area contributed by atoms with Crippen molar-refractivity contribution in [3.63, 3.8) is 0 Å². The number of thioether (sulfide) groups is 1. The second kappa shape index (κ2) is 8.18. The fourth-order valence-corrected chi connectivity index (χ4v) is 3.11. The molecule has 6 nitrogen and oxygen atoms in total. The fourth-order valence-electron chi connectivity index (χ4n) is 2.38. The minimum absolute atomic E-state index is 0.00853. The number of amides is 1. The second-order valence-corrected chi connectivity index (χ2v) is 7.52. The Morgan fingerprint density at radius 1 is 1.07 bits per heavy atom. The van der Waals surface area contributed by atoms with Crippen LogP contribution in [-0.2, 0) is 4.79 Å². The number of hydrogen-bond acceptors (Lipinski definition) is 5. The van der Waals surface area contributed by atoms with Crippen molar-refractivity contribution in [3.05, 3.63) is 59.7 Å². The molecule has 0 aliphatic rings. The zero-order chi connectivity index (χ0) is 19.4. The Morgan fingerprint density at radius 2 is 1.74 bits per heavy atom. The summed E-state index contributed by atoms with van der Waals surface area (Å²) < 4.78 is 0. The highest BCUT2D eigenvalue weighted by atomic mass is 32.2. The first kappa shape index (κ1) is 18.8. The molecule has 0 saturated carbocycles. The van der Waals surface area contributed by atoms with Crippen LogP contribution in [0.3, 0.4) is 0 Å². The first-order valence-corrected chi connectivity index (χ1v) is 9.38. The highest BCUT2D eigenvalue weighted by Gasteiger charge is 2.17. The third kappa shape index (κ3) is 4.83. The van der Waals surface area contributed by atoms with E-state index in [2.05, 4.69) is 20.5 Å². The van der Waals surface area contributed by atoms with Gasteiger partial charge in [-0.05, 0) is 45.0 Å². The summed E-state index contributed by atoms with van der Waals surface area (Å²) in [7, 11) is 0. The highest BCUT2D eigenvalue weighted by molar-refractivity contribution is 8.00. The number of rotatable bonds is 6. The van der Waals surface area contributed by atoms with Gasteiger partial charge >= 0.3 is 0 Å². The van der Waals surface area contributed by atoms with Crippen molar-refractivity contribution < 1.29 is 9.59 Å². The van der Waals surface area contributed by atoms with E-state index < -0.39 is 0 Å². The molecule has 27 heavy (non-hydrogen) atoms. The predicted molar refractivity (Wildman–Crippen MR) is 107 cm³/mol. The van der Waals surface area contributed by atoms with E-state index in [4.69, 9.17) is 0 Å². The fraction of sp³-hybridized carbons (Fsp3) is 0.200. The number of aromatic nitrogens is 3. The van der Waals surface area contributed by atoms with Crippen LogP contribution in [0, 0.1) is 6.92 Å². The van der Waals surface area contributed by atoms with E-state index >= 15 is 0 Å². The Kier molecular flexibility index (Phi) is 5.71. The first-order valence-electron chi connectivity index (χ1n) is 8.50. The molecule has 0 unspecified atom stereocenters. The molecule has 138 valence electrons. The molecular weight excluding hydrogens is 360 g/mol. The Bertz CT molecular complexity index is 949. The molecule has 1 amide bonds. The van der Waals surface area contributed by atoms with Crippen LogP contribution < -0.4 is 5.32 Å². The van der Waals surface area contributed by atoms with Crippen LogP contribution in [0.25, 0.3) is 11.4 Å². The smallest absolute Gasteiger partial charge is 0.237 e. The molecule has 0 saturated heterocycles. The van der Waals surface area contributed by atoms with E-state index in [1.165, 1.54) is 24.2 Å². The number of hydrogen-bond donors (Lipinski definition) is 2. The molecule has 2 aromatic carbocycles. The molecule has 1 heterocycles. The molecule has 0 aliphatic heterocycles. The number of H-pyrrole nitrogens is 1. The minimum Gasteiger partial charge on any atom is -0.325 e. The van der Waals surface area contributed by atoms with Crippen LogP contribution in [0.15, 0.2) is 53.7 Å². The highest BCUT2D eigenvalue weighted by Crippen LogP contribution is 2.24. The van der Waals surface area contributed by atoms with Gasteiger partial charge in [0.2, 0.25) is 11.1 Å². The standard InChI is InChI=1S/C20H20N4O2S/c1-12-4-6-16(7-5-12)18-22-20(24-23-18)27-14(3)19(26)21-17-10-8-15(9-11-17)13(2)25/h4-11,14H,1-3H3,(H,21,26)(H,22,23,24)/t14-/m1/s1. The molecule has 2 N–H and O–H groups in total. The Hall–Kier alpha value is -2.93. The van der Waals surface area contributed by atoms with Gasteiger partial charge in [-0.2, -0.15) is 0 Å². The van der Waals surface area contributed by atoms with E-state index in [0.29, 0.717) is 22.2 Å². The normalized spacial score (nSPS) is 11.8. The summed E-state index contributed by atoms with van der Waals surface area (Å²) in [6, 6.07) is 14.8. The van der Waals surface area contributed by atoms with Crippen molar-refractivity contribution in [3.8, 4) is 11.4 Å². The van der Waals surface area contributed by atoms with E-state index in [-0.39, 0.29) is 16.9 Å². The van der Waals surface area contributed by atoms with Crippen molar-refractivity contribution in [2.45, 2.75) is 31.2 Å². The number of anilines is 1. The van der Waals surface area contributed by atoms with E-state index in [1.54, 1.807) is 31.2 Å². The number of Topliss-reactive ketones (excluding diaryl/α,β-unsaturated/α-hetero) is 1. The lowest BCUT2D eigenvalue weighted by atomic mass is 10.1. The van der Waals surface area contributed by atoms with Crippen LogP contribution in [-0.4, -0.2) is 32.1 Å². The van der Waals surface area contributed by atoms with Gasteiger partial charge in [-0.15, -0.1) is 5.10 Å². The maximum Gasteiger partial charge on any atom is 0.237 e. The van der Waals surface area contributed by atoms with Gasteiger partial charge in [0.1, 0.15) is 0 Å². The number of nitrogens with one attached hydrogen (secondary N) is 2. The summed E-state index contributed by atoms with van der Waals surface area (Å²) in [5.41, 5.74) is 3.38. The van der Waals surface area contributed by atoms with Crippen LogP contribution in [0.5, 0.6) is 0 Å². The summed E-state index contributed by atoms with van der Waals surface area (Å²) in [5.74, 6) is 0.507. The zero-order valence-electron chi connectivity index (χ0n) is 15.3. The Labute approximate surface area is 161 Å². The number of carbonyl (C=O) groups is 2. The van der Waals surface area contributed by atoms with Gasteiger partial charge in [-0.25, -0.2) is 4.98 Å². The van der Waals surface area contributed by atoms with Gasteiger partial charge in [0.15, 0.2) is 11.6 Å². The second-order valence-electron chi connectivity index (χ2n) is 6.22. The monoisotopic (exact) mass is 380 g/mol. The SMILES string of the molecule is CC(=O)c1ccc(NC(=O)[C@@H](C)Sc2n[nH]c(-c3ccc(C)cc3)n2)cc1. The van der Waals surface area contributed by atoms with Crippen molar-refractivity contribution in [2.75, 3.05) is 5.32 Å². The summed E-state index contributed by atoms with van der Waals surface area (Å²) >= 11 is 1.28. The molecule has 1 atom stereocenters. The lowest BCUT2D eigenvalue weighted by Crippen LogP contribution is -2.22.